The summed E-state index contributed by atoms with van der Waals surface area (Å²) in [5.41, 5.74) is 3.82. The van der Waals surface area contributed by atoms with Gasteiger partial charge >= 0.3 is 0 Å². The van der Waals surface area contributed by atoms with Crippen molar-refractivity contribution in [3.63, 3.8) is 0 Å². The molecule has 1 amide bonds. The third-order valence-corrected chi connectivity index (χ3v) is 6.62. The fourth-order valence-electron chi connectivity index (χ4n) is 5.11. The van der Waals surface area contributed by atoms with Crippen LogP contribution in [-0.2, 0) is 6.54 Å². The van der Waals surface area contributed by atoms with Crippen molar-refractivity contribution in [2.45, 2.75) is 18.9 Å². The molecule has 2 aliphatic rings. The molecule has 6 heteroatoms. The number of pyridine rings is 1. The molecule has 2 bridgehead atoms. The van der Waals surface area contributed by atoms with Crippen molar-refractivity contribution in [3.8, 4) is 22.6 Å². The predicted octanol–water partition coefficient (Wildman–Crippen LogP) is 3.79. The smallest absolute Gasteiger partial charge is 0.253 e. The van der Waals surface area contributed by atoms with Crippen molar-refractivity contribution in [2.75, 3.05) is 27.3 Å². The molecule has 32 heavy (non-hydrogen) atoms. The number of hydrogen-bond acceptors (Lipinski definition) is 4. The van der Waals surface area contributed by atoms with Crippen molar-refractivity contribution >= 4 is 5.91 Å². The van der Waals surface area contributed by atoms with Crippen LogP contribution >= 0.6 is 0 Å². The highest BCUT2D eigenvalue weighted by molar-refractivity contribution is 5.94. The molecule has 0 saturated carbocycles. The van der Waals surface area contributed by atoms with Crippen LogP contribution in [0, 0.1) is 5.92 Å². The molecular formula is C26H26N2O4. The number of rotatable bonds is 4. The van der Waals surface area contributed by atoms with Crippen LogP contribution in [0.4, 0.5) is 0 Å². The van der Waals surface area contributed by atoms with Crippen molar-refractivity contribution in [2.24, 2.45) is 5.92 Å². The quantitative estimate of drug-likeness (QED) is 0.632. The Bertz CT molecular complexity index is 1200. The Kier molecular flexibility index (Phi) is 5.21. The summed E-state index contributed by atoms with van der Waals surface area (Å²) >= 11 is 0. The molecule has 1 fully saturated rings. The topological polar surface area (TPSA) is 60.8 Å². The molecule has 0 N–H and O–H groups in total. The van der Waals surface area contributed by atoms with Gasteiger partial charge < -0.3 is 18.9 Å². The van der Waals surface area contributed by atoms with Crippen molar-refractivity contribution in [1.29, 1.82) is 0 Å². The first-order chi connectivity index (χ1) is 15.6. The highest BCUT2D eigenvalue weighted by Gasteiger charge is 2.38. The minimum Gasteiger partial charge on any atom is -0.497 e. The van der Waals surface area contributed by atoms with Gasteiger partial charge in [-0.15, -0.1) is 0 Å². The Labute approximate surface area is 187 Å². The molecule has 1 aromatic heterocycles. The SMILES string of the molecule is COc1ccc(C(=O)N2C[C@@H]3C[C@@H](C2)c2c(-c4ccc(OC)cc4)ccc(=O)n2C3)cc1. The Hall–Kier alpha value is -3.54. The van der Waals surface area contributed by atoms with E-state index in [1.165, 1.54) is 0 Å². The number of fused-ring (bicyclic) bond motifs is 4. The molecule has 5 rings (SSSR count). The first kappa shape index (κ1) is 20.4. The maximum Gasteiger partial charge on any atom is 0.253 e. The number of amides is 1. The second kappa shape index (κ2) is 8.19. The Morgan fingerprint density at radius 3 is 2.16 bits per heavy atom. The zero-order valence-corrected chi connectivity index (χ0v) is 18.3. The summed E-state index contributed by atoms with van der Waals surface area (Å²) in [4.78, 5) is 27.9. The number of carbonyl (C=O) groups excluding carboxylic acids is 1. The summed E-state index contributed by atoms with van der Waals surface area (Å²) in [7, 11) is 3.26. The zero-order chi connectivity index (χ0) is 22.2. The van der Waals surface area contributed by atoms with Crippen LogP contribution in [0.5, 0.6) is 11.5 Å². The van der Waals surface area contributed by atoms with Crippen LogP contribution in [0.1, 0.15) is 28.4 Å². The van der Waals surface area contributed by atoms with Crippen LogP contribution in [-0.4, -0.2) is 42.7 Å². The number of carbonyl (C=O) groups is 1. The molecule has 2 aromatic carbocycles. The predicted molar refractivity (Wildman–Crippen MR) is 122 cm³/mol. The fraction of sp³-hybridized carbons (Fsp3) is 0.308. The van der Waals surface area contributed by atoms with E-state index in [1.807, 2.05) is 64.1 Å². The number of hydrogen-bond donors (Lipinski definition) is 0. The van der Waals surface area contributed by atoms with Gasteiger partial charge in [-0.1, -0.05) is 12.1 Å². The van der Waals surface area contributed by atoms with Crippen molar-refractivity contribution in [1.82, 2.24) is 9.47 Å². The molecule has 2 atom stereocenters. The lowest BCUT2D eigenvalue weighted by atomic mass is 9.80. The van der Waals surface area contributed by atoms with E-state index in [2.05, 4.69) is 0 Å². The Morgan fingerprint density at radius 1 is 0.844 bits per heavy atom. The van der Waals surface area contributed by atoms with Gasteiger partial charge in [-0.3, -0.25) is 9.59 Å². The van der Waals surface area contributed by atoms with E-state index in [4.69, 9.17) is 9.47 Å². The second-order valence-corrected chi connectivity index (χ2v) is 8.55. The van der Waals surface area contributed by atoms with Gasteiger partial charge in [0.2, 0.25) is 0 Å². The lowest BCUT2D eigenvalue weighted by Gasteiger charge is -2.43. The van der Waals surface area contributed by atoms with Gasteiger partial charge in [0.1, 0.15) is 11.5 Å². The first-order valence-electron chi connectivity index (χ1n) is 10.9. The first-order valence-corrected chi connectivity index (χ1v) is 10.9. The maximum atomic E-state index is 13.2. The van der Waals surface area contributed by atoms with Gasteiger partial charge in [0.05, 0.1) is 14.2 Å². The molecule has 1 saturated heterocycles. The fourth-order valence-corrected chi connectivity index (χ4v) is 5.11. The summed E-state index contributed by atoms with van der Waals surface area (Å²) in [6.45, 7) is 1.91. The van der Waals surface area contributed by atoms with E-state index in [-0.39, 0.29) is 23.3 Å². The minimum atomic E-state index is 0.0279. The molecule has 0 spiro atoms. The van der Waals surface area contributed by atoms with E-state index in [0.29, 0.717) is 25.2 Å². The third kappa shape index (κ3) is 3.55. The molecule has 0 aliphatic carbocycles. The average molecular weight is 431 g/mol. The van der Waals surface area contributed by atoms with Crippen molar-refractivity contribution < 1.29 is 14.3 Å². The van der Waals surface area contributed by atoms with E-state index in [1.54, 1.807) is 20.3 Å². The lowest BCUT2D eigenvalue weighted by molar-refractivity contribution is 0.0595. The molecular weight excluding hydrogens is 404 g/mol. The van der Waals surface area contributed by atoms with Crippen LogP contribution in [0.15, 0.2) is 65.5 Å². The van der Waals surface area contributed by atoms with Gasteiger partial charge in [0, 0.05) is 48.4 Å². The van der Waals surface area contributed by atoms with Gasteiger partial charge in [-0.25, -0.2) is 0 Å². The van der Waals surface area contributed by atoms with E-state index in [0.717, 1.165) is 34.7 Å². The van der Waals surface area contributed by atoms with Crippen LogP contribution < -0.4 is 15.0 Å². The van der Waals surface area contributed by atoms with E-state index >= 15 is 0 Å². The van der Waals surface area contributed by atoms with Gasteiger partial charge in [-0.05, 0) is 60.4 Å². The monoisotopic (exact) mass is 430 g/mol. The minimum absolute atomic E-state index is 0.0279. The largest absolute Gasteiger partial charge is 0.497 e. The molecule has 2 aliphatic heterocycles. The lowest BCUT2D eigenvalue weighted by Crippen LogP contribution is -2.49. The average Bonchev–Trinajstić information content (AvgIpc) is 2.84. The van der Waals surface area contributed by atoms with Gasteiger partial charge in [0.15, 0.2) is 0 Å². The molecule has 3 aromatic rings. The van der Waals surface area contributed by atoms with Gasteiger partial charge in [-0.2, -0.15) is 0 Å². The third-order valence-electron chi connectivity index (χ3n) is 6.62. The normalized spacial score (nSPS) is 19.2. The highest BCUT2D eigenvalue weighted by atomic mass is 16.5. The summed E-state index contributed by atoms with van der Waals surface area (Å²) in [5.74, 6) is 1.95. The number of aromatic nitrogens is 1. The van der Waals surface area contributed by atoms with Crippen molar-refractivity contribution in [3.05, 3.63) is 82.3 Å². The standard InChI is InChI=1S/C26H26N2O4/c1-31-21-7-3-18(4-8-21)23-11-12-24(29)28-15-17-13-20(25(23)28)16-27(14-17)26(30)19-5-9-22(32-2)10-6-19/h3-12,17,20H,13-16H2,1-2H3/t17-,20-/m0/s1. The number of piperidine rings is 1. The number of nitrogens with zero attached hydrogens (tertiary/aromatic N) is 2. The second-order valence-electron chi connectivity index (χ2n) is 8.55. The number of ether oxygens (including phenoxy) is 2. The molecule has 3 heterocycles. The molecule has 164 valence electrons. The Morgan fingerprint density at radius 2 is 1.50 bits per heavy atom. The number of methoxy groups -OCH3 is 2. The van der Waals surface area contributed by atoms with E-state index < -0.39 is 0 Å². The number of likely N-dealkylation sites (tertiary alicyclic amines) is 1. The molecule has 6 nitrogen and oxygen atoms in total. The number of benzene rings is 2. The maximum absolute atomic E-state index is 13.2. The molecule has 0 unspecified atom stereocenters. The summed E-state index contributed by atoms with van der Waals surface area (Å²) in [6, 6.07) is 18.7. The van der Waals surface area contributed by atoms with Gasteiger partial charge in [0.25, 0.3) is 11.5 Å². The summed E-state index contributed by atoms with van der Waals surface area (Å²) in [5, 5.41) is 0. The van der Waals surface area contributed by atoms with E-state index in [9.17, 15) is 9.59 Å². The van der Waals surface area contributed by atoms with Crippen LogP contribution in [0.2, 0.25) is 0 Å². The van der Waals surface area contributed by atoms with Crippen LogP contribution in [0.25, 0.3) is 11.1 Å². The van der Waals surface area contributed by atoms with Crippen LogP contribution in [0.3, 0.4) is 0 Å². The summed E-state index contributed by atoms with van der Waals surface area (Å²) < 4.78 is 12.4. The Balaban J connectivity index is 1.49. The zero-order valence-electron chi connectivity index (χ0n) is 18.3. The highest BCUT2D eigenvalue weighted by Crippen LogP contribution is 2.40. The summed E-state index contributed by atoms with van der Waals surface area (Å²) in [6.07, 6.45) is 0.985. The molecule has 0 radical (unpaired) electrons.